The summed E-state index contributed by atoms with van der Waals surface area (Å²) in [6.45, 7) is 0.247. The molecule has 0 spiro atoms. The molecule has 130 valence electrons. The van der Waals surface area contributed by atoms with Crippen molar-refractivity contribution >= 4 is 23.4 Å². The number of fused-ring (bicyclic) bond motifs is 1. The van der Waals surface area contributed by atoms with Gasteiger partial charge in [-0.2, -0.15) is 0 Å². The zero-order chi connectivity index (χ0) is 17.8. The number of amides is 2. The van der Waals surface area contributed by atoms with Crippen LogP contribution >= 0.6 is 11.6 Å². The average molecular weight is 363 g/mol. The second-order valence-corrected chi connectivity index (χ2v) is 5.69. The Morgan fingerprint density at radius 2 is 1.96 bits per heavy atom. The number of primary amides is 1. The zero-order valence-corrected chi connectivity index (χ0v) is 13.8. The van der Waals surface area contributed by atoms with Gasteiger partial charge < -0.3 is 25.3 Å². The van der Waals surface area contributed by atoms with Gasteiger partial charge in [-0.05, 0) is 35.9 Å². The molecule has 25 heavy (non-hydrogen) atoms. The first-order valence-electron chi connectivity index (χ1n) is 7.40. The van der Waals surface area contributed by atoms with Gasteiger partial charge in [-0.3, -0.25) is 9.59 Å². The lowest BCUT2D eigenvalue weighted by atomic mass is 10.2. The number of hydrogen-bond acceptors (Lipinski definition) is 5. The van der Waals surface area contributed by atoms with Gasteiger partial charge >= 0.3 is 0 Å². The number of carbonyl (C=O) groups is 2. The van der Waals surface area contributed by atoms with Crippen LogP contribution in [-0.4, -0.2) is 25.2 Å². The highest BCUT2D eigenvalue weighted by molar-refractivity contribution is 6.31. The monoisotopic (exact) mass is 362 g/mol. The van der Waals surface area contributed by atoms with Gasteiger partial charge in [0.05, 0.1) is 5.56 Å². The van der Waals surface area contributed by atoms with E-state index in [4.69, 9.17) is 31.5 Å². The van der Waals surface area contributed by atoms with Gasteiger partial charge in [0.1, 0.15) is 5.75 Å². The number of rotatable bonds is 6. The lowest BCUT2D eigenvalue weighted by Gasteiger charge is -2.10. The highest BCUT2D eigenvalue weighted by Gasteiger charge is 2.14. The molecule has 3 N–H and O–H groups in total. The van der Waals surface area contributed by atoms with E-state index in [1.165, 1.54) is 12.1 Å². The van der Waals surface area contributed by atoms with Crippen LogP contribution in [0.3, 0.4) is 0 Å². The summed E-state index contributed by atoms with van der Waals surface area (Å²) in [5.74, 6) is 0.506. The summed E-state index contributed by atoms with van der Waals surface area (Å²) < 4.78 is 15.9. The van der Waals surface area contributed by atoms with Gasteiger partial charge in [-0.1, -0.05) is 17.7 Å². The van der Waals surface area contributed by atoms with E-state index in [-0.39, 0.29) is 30.6 Å². The van der Waals surface area contributed by atoms with Crippen LogP contribution in [0.25, 0.3) is 0 Å². The molecule has 0 aliphatic carbocycles. The molecule has 3 rings (SSSR count). The van der Waals surface area contributed by atoms with Crippen molar-refractivity contribution in [3.8, 4) is 17.2 Å². The summed E-state index contributed by atoms with van der Waals surface area (Å²) >= 11 is 5.82. The fourth-order valence-corrected chi connectivity index (χ4v) is 2.44. The summed E-state index contributed by atoms with van der Waals surface area (Å²) in [4.78, 5) is 23.3. The minimum atomic E-state index is -0.682. The van der Waals surface area contributed by atoms with E-state index in [1.54, 1.807) is 18.2 Å². The van der Waals surface area contributed by atoms with E-state index in [0.29, 0.717) is 23.1 Å². The predicted molar refractivity (Wildman–Crippen MR) is 89.9 cm³/mol. The first kappa shape index (κ1) is 16.9. The molecular weight excluding hydrogens is 348 g/mol. The number of halogens is 1. The molecule has 0 bridgehead atoms. The molecule has 0 radical (unpaired) electrons. The Morgan fingerprint density at radius 3 is 2.76 bits per heavy atom. The molecular formula is C17H15ClN2O5. The Hall–Kier alpha value is -2.93. The normalized spacial score (nSPS) is 11.9. The minimum absolute atomic E-state index is 0.121. The van der Waals surface area contributed by atoms with Crippen LogP contribution in [0.4, 0.5) is 0 Å². The Bertz CT molecular complexity index is 825. The van der Waals surface area contributed by atoms with E-state index >= 15 is 0 Å². The van der Waals surface area contributed by atoms with Crippen molar-refractivity contribution in [3.63, 3.8) is 0 Å². The number of nitrogens with two attached hydrogens (primary N) is 1. The molecule has 2 aromatic rings. The fourth-order valence-electron chi connectivity index (χ4n) is 2.27. The number of benzene rings is 2. The van der Waals surface area contributed by atoms with Gasteiger partial charge in [0.15, 0.2) is 18.1 Å². The van der Waals surface area contributed by atoms with E-state index in [0.717, 1.165) is 5.56 Å². The zero-order valence-electron chi connectivity index (χ0n) is 13.1. The minimum Gasteiger partial charge on any atom is -0.483 e. The fraction of sp³-hybridized carbons (Fsp3) is 0.176. The molecule has 0 atom stereocenters. The molecule has 1 aliphatic rings. The third-order valence-electron chi connectivity index (χ3n) is 3.49. The van der Waals surface area contributed by atoms with E-state index in [2.05, 4.69) is 5.32 Å². The molecule has 0 saturated carbocycles. The van der Waals surface area contributed by atoms with Gasteiger partial charge in [-0.15, -0.1) is 0 Å². The number of hydrogen-bond donors (Lipinski definition) is 2. The maximum absolute atomic E-state index is 11.9. The van der Waals surface area contributed by atoms with E-state index < -0.39 is 5.91 Å². The summed E-state index contributed by atoms with van der Waals surface area (Å²) in [6, 6.07) is 9.85. The van der Waals surface area contributed by atoms with Crippen molar-refractivity contribution in [1.82, 2.24) is 5.32 Å². The smallest absolute Gasteiger partial charge is 0.258 e. The molecule has 0 saturated heterocycles. The van der Waals surface area contributed by atoms with Crippen molar-refractivity contribution in [2.45, 2.75) is 6.54 Å². The predicted octanol–water partition coefficient (Wildman–Crippen LogP) is 1.86. The molecule has 1 aliphatic heterocycles. The lowest BCUT2D eigenvalue weighted by molar-refractivity contribution is -0.123. The number of carbonyl (C=O) groups excluding carboxylic acids is 2. The van der Waals surface area contributed by atoms with Crippen molar-refractivity contribution in [1.29, 1.82) is 0 Å². The number of ether oxygens (including phenoxy) is 3. The first-order valence-corrected chi connectivity index (χ1v) is 7.78. The molecule has 8 heteroatoms. The Labute approximate surface area is 148 Å². The van der Waals surface area contributed by atoms with Gasteiger partial charge in [0, 0.05) is 11.6 Å². The third kappa shape index (κ3) is 4.13. The standard InChI is InChI=1S/C17H15ClN2O5/c18-11-2-4-13(12(6-11)17(19)22)23-8-16(21)20-7-10-1-3-14-15(5-10)25-9-24-14/h1-6H,7-9H2,(H2,19,22)(H,20,21). The van der Waals surface area contributed by atoms with Crippen LogP contribution in [0.15, 0.2) is 36.4 Å². The summed E-state index contributed by atoms with van der Waals surface area (Å²) in [7, 11) is 0. The van der Waals surface area contributed by atoms with Gasteiger partial charge in [0.2, 0.25) is 6.79 Å². The van der Waals surface area contributed by atoms with Crippen LogP contribution in [0, 0.1) is 0 Å². The van der Waals surface area contributed by atoms with Crippen LogP contribution in [-0.2, 0) is 11.3 Å². The van der Waals surface area contributed by atoms with Crippen molar-refractivity contribution in [3.05, 3.63) is 52.5 Å². The van der Waals surface area contributed by atoms with E-state index in [1.807, 2.05) is 6.07 Å². The summed E-state index contributed by atoms with van der Waals surface area (Å²) in [6.07, 6.45) is 0. The lowest BCUT2D eigenvalue weighted by Crippen LogP contribution is -2.28. The second-order valence-electron chi connectivity index (χ2n) is 5.26. The summed E-state index contributed by atoms with van der Waals surface area (Å²) in [5, 5.41) is 3.07. The van der Waals surface area contributed by atoms with Gasteiger partial charge in [-0.25, -0.2) is 0 Å². The highest BCUT2D eigenvalue weighted by atomic mass is 35.5. The molecule has 7 nitrogen and oxygen atoms in total. The molecule has 0 aromatic heterocycles. The van der Waals surface area contributed by atoms with Gasteiger partial charge in [0.25, 0.3) is 11.8 Å². The van der Waals surface area contributed by atoms with Crippen LogP contribution in [0.1, 0.15) is 15.9 Å². The molecule has 0 unspecified atom stereocenters. The Kier molecular flexibility index (Phi) is 4.95. The number of nitrogens with one attached hydrogen (secondary N) is 1. The molecule has 0 fully saturated rings. The Morgan fingerprint density at radius 1 is 1.16 bits per heavy atom. The highest BCUT2D eigenvalue weighted by Crippen LogP contribution is 2.32. The van der Waals surface area contributed by atoms with Crippen molar-refractivity contribution < 1.29 is 23.8 Å². The maximum Gasteiger partial charge on any atom is 0.258 e. The third-order valence-corrected chi connectivity index (χ3v) is 3.73. The topological polar surface area (TPSA) is 99.9 Å². The van der Waals surface area contributed by atoms with Crippen molar-refractivity contribution in [2.24, 2.45) is 5.73 Å². The molecule has 2 amide bonds. The maximum atomic E-state index is 11.9. The summed E-state index contributed by atoms with van der Waals surface area (Å²) in [5.41, 5.74) is 6.25. The second kappa shape index (κ2) is 7.31. The molecule has 2 aromatic carbocycles. The SMILES string of the molecule is NC(=O)c1cc(Cl)ccc1OCC(=O)NCc1ccc2c(c1)OCO2. The molecule has 1 heterocycles. The van der Waals surface area contributed by atoms with E-state index in [9.17, 15) is 9.59 Å². The average Bonchev–Trinajstić information content (AvgIpc) is 3.06. The van der Waals surface area contributed by atoms with Crippen LogP contribution in [0.2, 0.25) is 5.02 Å². The van der Waals surface area contributed by atoms with Crippen LogP contribution in [0.5, 0.6) is 17.2 Å². The first-order chi connectivity index (χ1) is 12.0. The quantitative estimate of drug-likeness (QED) is 0.817. The Balaban J connectivity index is 1.54. The largest absolute Gasteiger partial charge is 0.483 e. The van der Waals surface area contributed by atoms with Crippen molar-refractivity contribution in [2.75, 3.05) is 13.4 Å². The van der Waals surface area contributed by atoms with Crippen LogP contribution < -0.4 is 25.3 Å².